The SMILES string of the molecule is Cc1c(C(F)F)nc2cc(C#N)ccn2c1=O. The van der Waals surface area contributed by atoms with E-state index in [0.29, 0.717) is 0 Å². The second-order valence-electron chi connectivity index (χ2n) is 3.48. The first-order valence-corrected chi connectivity index (χ1v) is 4.75. The Hall–Kier alpha value is -2.29. The molecule has 0 aliphatic rings. The maximum Gasteiger partial charge on any atom is 0.280 e. The lowest BCUT2D eigenvalue weighted by Gasteiger charge is -2.06. The van der Waals surface area contributed by atoms with Gasteiger partial charge in [-0.15, -0.1) is 0 Å². The van der Waals surface area contributed by atoms with Crippen molar-refractivity contribution in [3.8, 4) is 6.07 Å². The lowest BCUT2D eigenvalue weighted by molar-refractivity contribution is 0.145. The van der Waals surface area contributed by atoms with E-state index in [4.69, 9.17) is 5.26 Å². The van der Waals surface area contributed by atoms with Gasteiger partial charge in [0.2, 0.25) is 0 Å². The number of hydrogen-bond acceptors (Lipinski definition) is 3. The Labute approximate surface area is 94.8 Å². The van der Waals surface area contributed by atoms with E-state index < -0.39 is 17.7 Å². The molecule has 0 aliphatic heterocycles. The summed E-state index contributed by atoms with van der Waals surface area (Å²) >= 11 is 0. The number of nitrogens with zero attached hydrogens (tertiary/aromatic N) is 3. The van der Waals surface area contributed by atoms with Gasteiger partial charge in [-0.05, 0) is 19.1 Å². The van der Waals surface area contributed by atoms with E-state index in [0.717, 1.165) is 4.40 Å². The average molecular weight is 235 g/mol. The fourth-order valence-corrected chi connectivity index (χ4v) is 1.53. The van der Waals surface area contributed by atoms with Crippen molar-refractivity contribution in [3.05, 3.63) is 45.5 Å². The topological polar surface area (TPSA) is 58.2 Å². The minimum atomic E-state index is -2.81. The molecule has 0 atom stereocenters. The first-order valence-electron chi connectivity index (χ1n) is 4.75. The van der Waals surface area contributed by atoms with Crippen molar-refractivity contribution in [2.75, 3.05) is 0 Å². The highest BCUT2D eigenvalue weighted by molar-refractivity contribution is 5.47. The summed E-state index contributed by atoms with van der Waals surface area (Å²) < 4.78 is 26.4. The Morgan fingerprint density at radius 3 is 2.82 bits per heavy atom. The third-order valence-electron chi connectivity index (χ3n) is 2.43. The lowest BCUT2D eigenvalue weighted by atomic mass is 10.2. The van der Waals surface area contributed by atoms with E-state index in [9.17, 15) is 13.6 Å². The summed E-state index contributed by atoms with van der Waals surface area (Å²) in [5.74, 6) is 0. The van der Waals surface area contributed by atoms with Gasteiger partial charge in [0, 0.05) is 11.8 Å². The number of rotatable bonds is 1. The summed E-state index contributed by atoms with van der Waals surface area (Å²) in [6, 6.07) is 4.59. The molecular weight excluding hydrogens is 228 g/mol. The molecule has 2 heterocycles. The average Bonchev–Trinajstić information content (AvgIpc) is 2.32. The van der Waals surface area contributed by atoms with Crippen molar-refractivity contribution in [1.29, 1.82) is 5.26 Å². The molecule has 0 saturated carbocycles. The van der Waals surface area contributed by atoms with E-state index in [2.05, 4.69) is 4.98 Å². The molecule has 0 unspecified atom stereocenters. The zero-order chi connectivity index (χ0) is 12.6. The summed E-state index contributed by atoms with van der Waals surface area (Å²) in [5.41, 5.74) is -0.849. The van der Waals surface area contributed by atoms with E-state index in [1.807, 2.05) is 6.07 Å². The van der Waals surface area contributed by atoms with Gasteiger partial charge in [0.1, 0.15) is 11.3 Å². The summed E-state index contributed by atoms with van der Waals surface area (Å²) in [5, 5.41) is 8.69. The van der Waals surface area contributed by atoms with Gasteiger partial charge >= 0.3 is 0 Å². The first kappa shape index (κ1) is 11.2. The smallest absolute Gasteiger partial charge is 0.269 e. The van der Waals surface area contributed by atoms with E-state index in [1.54, 1.807) is 0 Å². The van der Waals surface area contributed by atoms with Crippen molar-refractivity contribution in [2.24, 2.45) is 0 Å². The van der Waals surface area contributed by atoms with Crippen molar-refractivity contribution in [3.63, 3.8) is 0 Å². The van der Waals surface area contributed by atoms with Crippen LogP contribution in [0.5, 0.6) is 0 Å². The molecule has 4 nitrogen and oxygen atoms in total. The quantitative estimate of drug-likeness (QED) is 0.757. The van der Waals surface area contributed by atoms with Crippen LogP contribution in [0.1, 0.15) is 23.2 Å². The molecule has 2 aromatic heterocycles. The van der Waals surface area contributed by atoms with Gasteiger partial charge in [-0.3, -0.25) is 9.20 Å². The monoisotopic (exact) mass is 235 g/mol. The molecule has 2 rings (SSSR count). The Morgan fingerprint density at radius 1 is 1.53 bits per heavy atom. The summed E-state index contributed by atoms with van der Waals surface area (Å²) in [4.78, 5) is 15.5. The van der Waals surface area contributed by atoms with Crippen LogP contribution in [0.25, 0.3) is 5.65 Å². The van der Waals surface area contributed by atoms with E-state index >= 15 is 0 Å². The second kappa shape index (κ2) is 3.94. The molecule has 6 heteroatoms. The second-order valence-corrected chi connectivity index (χ2v) is 3.48. The third-order valence-corrected chi connectivity index (χ3v) is 2.43. The largest absolute Gasteiger partial charge is 0.280 e. The maximum atomic E-state index is 12.6. The molecule has 0 N–H and O–H groups in total. The molecule has 0 saturated heterocycles. The number of aromatic nitrogens is 2. The molecule has 17 heavy (non-hydrogen) atoms. The van der Waals surface area contributed by atoms with Crippen LogP contribution in [-0.4, -0.2) is 9.38 Å². The van der Waals surface area contributed by atoms with E-state index in [1.165, 1.54) is 25.3 Å². The fourth-order valence-electron chi connectivity index (χ4n) is 1.53. The van der Waals surface area contributed by atoms with Crippen LogP contribution in [-0.2, 0) is 0 Å². The Morgan fingerprint density at radius 2 is 2.24 bits per heavy atom. The Balaban J connectivity index is 2.88. The number of halogens is 2. The van der Waals surface area contributed by atoms with Gasteiger partial charge in [-0.25, -0.2) is 13.8 Å². The van der Waals surface area contributed by atoms with Crippen molar-refractivity contribution in [2.45, 2.75) is 13.3 Å². The molecule has 0 spiro atoms. The number of hydrogen-bond donors (Lipinski definition) is 0. The van der Waals surface area contributed by atoms with Gasteiger partial charge in [-0.2, -0.15) is 5.26 Å². The molecule has 0 aromatic carbocycles. The van der Waals surface area contributed by atoms with Crippen molar-refractivity contribution in [1.82, 2.24) is 9.38 Å². The predicted octanol–water partition coefficient (Wildman–Crippen LogP) is 1.81. The normalized spacial score (nSPS) is 10.8. The molecule has 2 aromatic rings. The zero-order valence-electron chi connectivity index (χ0n) is 8.82. The minimum absolute atomic E-state index is 0.0509. The Kier molecular flexibility index (Phi) is 2.60. The van der Waals surface area contributed by atoms with Gasteiger partial charge in [0.25, 0.3) is 12.0 Å². The van der Waals surface area contributed by atoms with Gasteiger partial charge in [0.05, 0.1) is 11.6 Å². The maximum absolute atomic E-state index is 12.6. The van der Waals surface area contributed by atoms with Crippen LogP contribution >= 0.6 is 0 Å². The van der Waals surface area contributed by atoms with Crippen molar-refractivity contribution >= 4 is 5.65 Å². The summed E-state index contributed by atoms with van der Waals surface area (Å²) in [6.45, 7) is 1.31. The molecule has 0 bridgehead atoms. The highest BCUT2D eigenvalue weighted by atomic mass is 19.3. The van der Waals surface area contributed by atoms with E-state index in [-0.39, 0.29) is 16.8 Å². The van der Waals surface area contributed by atoms with Crippen LogP contribution in [0.3, 0.4) is 0 Å². The van der Waals surface area contributed by atoms with Crippen LogP contribution in [0.2, 0.25) is 0 Å². The number of alkyl halides is 2. The Bertz CT molecular complexity index is 685. The first-order chi connectivity index (χ1) is 8.04. The van der Waals surface area contributed by atoms with Gasteiger partial charge in [0.15, 0.2) is 0 Å². The molecule has 0 aliphatic carbocycles. The van der Waals surface area contributed by atoms with Gasteiger partial charge in [-0.1, -0.05) is 0 Å². The van der Waals surface area contributed by atoms with Crippen LogP contribution in [0.4, 0.5) is 8.78 Å². The van der Waals surface area contributed by atoms with Crippen LogP contribution < -0.4 is 5.56 Å². The van der Waals surface area contributed by atoms with Crippen LogP contribution in [0, 0.1) is 18.3 Å². The minimum Gasteiger partial charge on any atom is -0.269 e. The molecular formula is C11H7F2N3O. The third kappa shape index (κ3) is 1.76. The number of pyridine rings is 1. The predicted molar refractivity (Wildman–Crippen MR) is 55.9 cm³/mol. The number of nitriles is 1. The van der Waals surface area contributed by atoms with Crippen LogP contribution in [0.15, 0.2) is 23.1 Å². The highest BCUT2D eigenvalue weighted by Gasteiger charge is 2.17. The fraction of sp³-hybridized carbons (Fsp3) is 0.182. The van der Waals surface area contributed by atoms with Gasteiger partial charge < -0.3 is 0 Å². The molecule has 0 radical (unpaired) electrons. The molecule has 0 fully saturated rings. The standard InChI is InChI=1S/C11H7F2N3O/c1-6-9(10(12)13)15-8-4-7(5-14)2-3-16(8)11(6)17/h2-4,10H,1H3. The summed E-state index contributed by atoms with van der Waals surface area (Å²) in [7, 11) is 0. The highest BCUT2D eigenvalue weighted by Crippen LogP contribution is 2.18. The lowest BCUT2D eigenvalue weighted by Crippen LogP contribution is -2.20. The van der Waals surface area contributed by atoms with Crippen molar-refractivity contribution < 1.29 is 8.78 Å². The molecule has 0 amide bonds. The summed E-state index contributed by atoms with van der Waals surface area (Å²) in [6.07, 6.45) is -1.45. The number of fused-ring (bicyclic) bond motifs is 1. The zero-order valence-corrected chi connectivity index (χ0v) is 8.82. The molecule has 86 valence electrons.